The van der Waals surface area contributed by atoms with Crippen LogP contribution in [0, 0.1) is 34.5 Å². The fourth-order valence-corrected chi connectivity index (χ4v) is 10.3. The van der Waals surface area contributed by atoms with E-state index in [9.17, 15) is 10.5 Å². The molecule has 6 rings (SSSR count). The van der Waals surface area contributed by atoms with Gasteiger partial charge in [0.05, 0.1) is 11.1 Å². The van der Waals surface area contributed by atoms with Crippen molar-refractivity contribution in [1.29, 1.82) is 10.5 Å². The van der Waals surface area contributed by atoms with E-state index in [0.29, 0.717) is 47.3 Å². The summed E-state index contributed by atoms with van der Waals surface area (Å²) in [5, 5.41) is 21.6. The van der Waals surface area contributed by atoms with E-state index in [1.54, 1.807) is 0 Å². The molecule has 0 aliphatic heterocycles. The normalized spacial score (nSPS) is 19.2. The summed E-state index contributed by atoms with van der Waals surface area (Å²) < 4.78 is 6.72. The summed E-state index contributed by atoms with van der Waals surface area (Å²) in [6.07, 6.45) is 26.3. The first kappa shape index (κ1) is 44.2. The minimum atomic E-state index is 0.539. The van der Waals surface area contributed by atoms with Gasteiger partial charge >= 0.3 is 0 Å². The van der Waals surface area contributed by atoms with E-state index in [0.717, 1.165) is 61.5 Å². The van der Waals surface area contributed by atoms with E-state index in [2.05, 4.69) is 100 Å². The van der Waals surface area contributed by atoms with Crippen molar-refractivity contribution in [2.24, 2.45) is 11.8 Å². The molecule has 3 heteroatoms. The second-order valence-electron chi connectivity index (χ2n) is 18.2. The Balaban J connectivity index is 1.22. The lowest BCUT2D eigenvalue weighted by Crippen LogP contribution is -2.13. The molecule has 59 heavy (non-hydrogen) atoms. The third-order valence-corrected chi connectivity index (χ3v) is 14.1. The van der Waals surface area contributed by atoms with Gasteiger partial charge < -0.3 is 4.74 Å². The summed E-state index contributed by atoms with van der Waals surface area (Å²) in [6.45, 7) is 9.04. The highest BCUT2D eigenvalue weighted by Gasteiger charge is 2.25. The number of nitrogens with zero attached hydrogens (tertiary/aromatic N) is 2. The molecule has 3 nitrogen and oxygen atoms in total. The Morgan fingerprint density at radius 3 is 1.19 bits per heavy atom. The van der Waals surface area contributed by atoms with E-state index < -0.39 is 0 Å². The first-order valence-corrected chi connectivity index (χ1v) is 23.9. The number of hydrogen-bond donors (Lipinski definition) is 0. The topological polar surface area (TPSA) is 56.8 Å². The molecular weight excluding hydrogens is 717 g/mol. The standard InChI is InChI=1S/C56H72N2O/c1-5-9-13-41-17-25-45(26-18-41)47-29-21-43(22-30-47)37-51-49(15-11-7-3)33-35-55(53(51)39-57)59-56-36-34-50(16-12-8-4)52(54(56)40-58)38-44-23-31-48(32-24-44)46-27-19-42(20-28-46)14-10-6-2/h21-24,29-36,41-42,45-46H,5-20,25-28,37-38H2,1-4H3/t41-,42-,45-,46-. The van der Waals surface area contributed by atoms with Gasteiger partial charge in [-0.05, 0) is 170 Å². The Morgan fingerprint density at radius 2 is 0.847 bits per heavy atom. The second kappa shape index (κ2) is 22.9. The quantitative estimate of drug-likeness (QED) is 0.0896. The number of nitriles is 2. The van der Waals surface area contributed by atoms with Crippen molar-refractivity contribution in [1.82, 2.24) is 0 Å². The monoisotopic (exact) mass is 789 g/mol. The molecule has 0 spiro atoms. The van der Waals surface area contributed by atoms with Gasteiger partial charge in [0, 0.05) is 0 Å². The SMILES string of the molecule is CCCCc1ccc(Oc2ccc(CCCC)c(Cc3ccc([C@H]4CC[C@H](CCCC)CC4)cc3)c2C#N)c(C#N)c1Cc1ccc([C@H]2CC[C@H](CCCC)CC2)cc1. The molecule has 0 unspecified atom stereocenters. The molecule has 0 aromatic heterocycles. The van der Waals surface area contributed by atoms with Crippen molar-refractivity contribution in [3.05, 3.63) is 128 Å². The van der Waals surface area contributed by atoms with Crippen LogP contribution in [-0.4, -0.2) is 0 Å². The molecule has 0 bridgehead atoms. The molecule has 2 aliphatic rings. The van der Waals surface area contributed by atoms with Gasteiger partial charge in [-0.15, -0.1) is 0 Å². The molecule has 2 saturated carbocycles. The van der Waals surface area contributed by atoms with Crippen LogP contribution in [0.15, 0.2) is 72.8 Å². The summed E-state index contributed by atoms with van der Waals surface area (Å²) in [6, 6.07) is 31.9. The van der Waals surface area contributed by atoms with E-state index in [1.165, 1.54) is 123 Å². The second-order valence-corrected chi connectivity index (χ2v) is 18.2. The van der Waals surface area contributed by atoms with Gasteiger partial charge in [0.1, 0.15) is 23.6 Å². The highest BCUT2D eigenvalue weighted by atomic mass is 16.5. The molecule has 0 radical (unpaired) electrons. The van der Waals surface area contributed by atoms with Crippen LogP contribution in [0.1, 0.15) is 211 Å². The van der Waals surface area contributed by atoms with Gasteiger partial charge in [-0.3, -0.25) is 0 Å². The van der Waals surface area contributed by atoms with Gasteiger partial charge in [-0.25, -0.2) is 0 Å². The first-order valence-electron chi connectivity index (χ1n) is 23.9. The highest BCUT2D eigenvalue weighted by molar-refractivity contribution is 5.59. The van der Waals surface area contributed by atoms with Crippen LogP contribution in [0.2, 0.25) is 0 Å². The lowest BCUT2D eigenvalue weighted by Gasteiger charge is -2.29. The van der Waals surface area contributed by atoms with E-state index in [-0.39, 0.29) is 0 Å². The lowest BCUT2D eigenvalue weighted by molar-refractivity contribution is 0.304. The average molecular weight is 789 g/mol. The Morgan fingerprint density at radius 1 is 0.475 bits per heavy atom. The molecule has 0 amide bonds. The van der Waals surface area contributed by atoms with Crippen molar-refractivity contribution in [2.75, 3.05) is 0 Å². The fourth-order valence-electron chi connectivity index (χ4n) is 10.3. The minimum absolute atomic E-state index is 0.539. The summed E-state index contributed by atoms with van der Waals surface area (Å²) in [7, 11) is 0. The molecule has 0 atom stereocenters. The maximum Gasteiger partial charge on any atom is 0.145 e. The molecule has 0 saturated heterocycles. The summed E-state index contributed by atoms with van der Waals surface area (Å²) in [5.74, 6) is 4.21. The van der Waals surface area contributed by atoms with Crippen molar-refractivity contribution in [3.63, 3.8) is 0 Å². The van der Waals surface area contributed by atoms with E-state index in [4.69, 9.17) is 4.74 Å². The number of rotatable bonds is 20. The summed E-state index contributed by atoms with van der Waals surface area (Å²) >= 11 is 0. The van der Waals surface area contributed by atoms with Gasteiger partial charge in [0.2, 0.25) is 0 Å². The molecule has 312 valence electrons. The van der Waals surface area contributed by atoms with Crippen molar-refractivity contribution >= 4 is 0 Å². The van der Waals surface area contributed by atoms with Crippen LogP contribution in [0.25, 0.3) is 0 Å². The average Bonchev–Trinajstić information content (AvgIpc) is 3.28. The third-order valence-electron chi connectivity index (χ3n) is 14.1. The number of ether oxygens (including phenoxy) is 1. The minimum Gasteiger partial charge on any atom is -0.455 e. The number of benzene rings is 4. The predicted octanol–water partition coefficient (Wildman–Crippen LogP) is 16.0. The Kier molecular flexibility index (Phi) is 17.1. The molecule has 2 aliphatic carbocycles. The molecule has 2 fully saturated rings. The van der Waals surface area contributed by atoms with Crippen molar-refractivity contribution in [2.45, 2.75) is 181 Å². The Hall–Kier alpha value is -4.34. The van der Waals surface area contributed by atoms with Gasteiger partial charge in [0.25, 0.3) is 0 Å². The number of aryl methyl sites for hydroxylation is 2. The Bertz CT molecular complexity index is 1830. The smallest absolute Gasteiger partial charge is 0.145 e. The molecule has 0 heterocycles. The Labute approximate surface area is 358 Å². The highest BCUT2D eigenvalue weighted by Crippen LogP contribution is 2.40. The van der Waals surface area contributed by atoms with Crippen molar-refractivity contribution in [3.8, 4) is 23.6 Å². The summed E-state index contributed by atoms with van der Waals surface area (Å²) in [5.41, 5.74) is 11.1. The maximum absolute atomic E-state index is 10.8. The van der Waals surface area contributed by atoms with Gasteiger partial charge in [-0.1, -0.05) is 140 Å². The fraction of sp³-hybridized carbons (Fsp3) is 0.536. The first-order chi connectivity index (χ1) is 29.0. The van der Waals surface area contributed by atoms with Crippen molar-refractivity contribution < 1.29 is 4.74 Å². The largest absolute Gasteiger partial charge is 0.455 e. The van der Waals surface area contributed by atoms with Crippen LogP contribution < -0.4 is 4.74 Å². The predicted molar refractivity (Wildman–Crippen MR) is 247 cm³/mol. The number of unbranched alkanes of at least 4 members (excludes halogenated alkanes) is 4. The van der Waals surface area contributed by atoms with Crippen LogP contribution in [0.5, 0.6) is 11.5 Å². The third kappa shape index (κ3) is 11.9. The zero-order valence-corrected chi connectivity index (χ0v) is 37.1. The van der Waals surface area contributed by atoms with E-state index in [1.807, 2.05) is 12.1 Å². The zero-order chi connectivity index (χ0) is 41.4. The molecule has 4 aromatic carbocycles. The lowest BCUT2D eigenvalue weighted by atomic mass is 9.77. The van der Waals surface area contributed by atoms with Crippen LogP contribution in [-0.2, 0) is 25.7 Å². The van der Waals surface area contributed by atoms with Crippen LogP contribution >= 0.6 is 0 Å². The zero-order valence-electron chi connectivity index (χ0n) is 37.1. The van der Waals surface area contributed by atoms with E-state index >= 15 is 0 Å². The van der Waals surface area contributed by atoms with Crippen LogP contribution in [0.4, 0.5) is 0 Å². The molecular formula is C56H72N2O. The molecule has 0 N–H and O–H groups in total. The molecule has 4 aromatic rings. The maximum atomic E-state index is 10.8. The van der Waals surface area contributed by atoms with Gasteiger partial charge in [0.15, 0.2) is 0 Å². The van der Waals surface area contributed by atoms with Gasteiger partial charge in [-0.2, -0.15) is 10.5 Å². The summed E-state index contributed by atoms with van der Waals surface area (Å²) in [4.78, 5) is 0. The van der Waals surface area contributed by atoms with Crippen LogP contribution in [0.3, 0.4) is 0 Å². The number of hydrogen-bond acceptors (Lipinski definition) is 3.